The molecule has 0 spiro atoms. The van der Waals surface area contributed by atoms with E-state index >= 15 is 0 Å². The van der Waals surface area contributed by atoms with Gasteiger partial charge in [-0.25, -0.2) is 9.97 Å². The van der Waals surface area contributed by atoms with Gasteiger partial charge in [0.05, 0.1) is 5.38 Å². The van der Waals surface area contributed by atoms with Crippen LogP contribution < -0.4 is 0 Å². The van der Waals surface area contributed by atoms with Gasteiger partial charge >= 0.3 is 0 Å². The Morgan fingerprint density at radius 3 is 3.00 bits per heavy atom. The molecule has 3 rings (SSSR count). The van der Waals surface area contributed by atoms with Crippen molar-refractivity contribution in [1.82, 2.24) is 14.5 Å². The highest BCUT2D eigenvalue weighted by Crippen LogP contribution is 2.34. The maximum absolute atomic E-state index is 6.29. The molecular formula is C15H20ClN3. The summed E-state index contributed by atoms with van der Waals surface area (Å²) in [4.78, 5) is 9.14. The van der Waals surface area contributed by atoms with E-state index < -0.39 is 0 Å². The van der Waals surface area contributed by atoms with E-state index in [2.05, 4.69) is 21.5 Å². The minimum Gasteiger partial charge on any atom is -0.311 e. The topological polar surface area (TPSA) is 30.7 Å². The third-order valence-corrected chi connectivity index (χ3v) is 4.54. The van der Waals surface area contributed by atoms with Crippen LogP contribution in [0, 0.1) is 11.8 Å². The number of imidazole rings is 1. The number of aromatic nitrogens is 3. The van der Waals surface area contributed by atoms with E-state index in [4.69, 9.17) is 11.6 Å². The zero-order chi connectivity index (χ0) is 13.4. The Labute approximate surface area is 119 Å². The molecule has 0 N–H and O–H groups in total. The molecule has 1 fully saturated rings. The van der Waals surface area contributed by atoms with Crippen LogP contribution in [0.25, 0.3) is 11.2 Å². The van der Waals surface area contributed by atoms with E-state index in [0.29, 0.717) is 0 Å². The number of halogens is 1. The normalized spacial score (nSPS) is 25.0. The van der Waals surface area contributed by atoms with Crippen molar-refractivity contribution in [3.05, 3.63) is 24.2 Å². The molecule has 2 heterocycles. The monoisotopic (exact) mass is 277 g/mol. The molecule has 4 heteroatoms. The predicted octanol–water partition coefficient (Wildman–Crippen LogP) is 4.17. The molecule has 1 aliphatic rings. The van der Waals surface area contributed by atoms with Gasteiger partial charge in [-0.1, -0.05) is 19.8 Å². The minimum absolute atomic E-state index is 0.0779. The first kappa shape index (κ1) is 12.9. The van der Waals surface area contributed by atoms with Gasteiger partial charge in [0.2, 0.25) is 0 Å². The Hall–Kier alpha value is -1.09. The van der Waals surface area contributed by atoms with Crippen molar-refractivity contribution < 1.29 is 0 Å². The number of nitrogens with zero attached hydrogens (tertiary/aromatic N) is 3. The molecule has 1 saturated carbocycles. The van der Waals surface area contributed by atoms with Gasteiger partial charge in [-0.3, -0.25) is 0 Å². The Balaban J connectivity index is 2.02. The summed E-state index contributed by atoms with van der Waals surface area (Å²) in [6.45, 7) is 5.34. The van der Waals surface area contributed by atoms with E-state index in [1.807, 2.05) is 25.3 Å². The maximum Gasteiger partial charge on any atom is 0.160 e. The molecule has 0 radical (unpaired) electrons. The lowest BCUT2D eigenvalue weighted by Gasteiger charge is -2.18. The number of rotatable bonds is 3. The zero-order valence-corrected chi connectivity index (χ0v) is 12.3. The van der Waals surface area contributed by atoms with Crippen molar-refractivity contribution in [1.29, 1.82) is 0 Å². The van der Waals surface area contributed by atoms with Gasteiger partial charge in [-0.2, -0.15) is 0 Å². The van der Waals surface area contributed by atoms with Gasteiger partial charge in [-0.05, 0) is 37.3 Å². The van der Waals surface area contributed by atoms with Gasteiger partial charge in [0.25, 0.3) is 0 Å². The Morgan fingerprint density at radius 1 is 1.47 bits per heavy atom. The van der Waals surface area contributed by atoms with E-state index in [9.17, 15) is 0 Å². The second-order valence-electron chi connectivity index (χ2n) is 5.71. The summed E-state index contributed by atoms with van der Waals surface area (Å²) >= 11 is 6.29. The van der Waals surface area contributed by atoms with Crippen LogP contribution in [0.5, 0.6) is 0 Å². The van der Waals surface area contributed by atoms with Crippen molar-refractivity contribution in [2.75, 3.05) is 0 Å². The lowest BCUT2D eigenvalue weighted by atomic mass is 9.98. The molecule has 0 amide bonds. The Bertz CT molecular complexity index is 576. The van der Waals surface area contributed by atoms with Crippen molar-refractivity contribution in [2.45, 2.75) is 45.0 Å². The Morgan fingerprint density at radius 2 is 2.32 bits per heavy atom. The molecule has 1 aliphatic carbocycles. The van der Waals surface area contributed by atoms with Crippen LogP contribution in [0.1, 0.15) is 44.3 Å². The SMILES string of the molecule is CC(Cl)c1nc2cccnc2n1CC1CCCC1C. The summed E-state index contributed by atoms with van der Waals surface area (Å²) in [6.07, 6.45) is 5.83. The van der Waals surface area contributed by atoms with Crippen LogP contribution in [-0.2, 0) is 6.54 Å². The third kappa shape index (κ3) is 2.36. The van der Waals surface area contributed by atoms with E-state index in [1.165, 1.54) is 19.3 Å². The third-order valence-electron chi connectivity index (χ3n) is 4.35. The maximum atomic E-state index is 6.29. The highest BCUT2D eigenvalue weighted by atomic mass is 35.5. The lowest BCUT2D eigenvalue weighted by Crippen LogP contribution is -2.16. The quantitative estimate of drug-likeness (QED) is 0.789. The first-order chi connectivity index (χ1) is 9.16. The first-order valence-electron chi connectivity index (χ1n) is 7.12. The molecule has 3 atom stereocenters. The summed E-state index contributed by atoms with van der Waals surface area (Å²) in [6, 6.07) is 3.94. The molecule has 0 aromatic carbocycles. The number of hydrogen-bond donors (Lipinski definition) is 0. The standard InChI is InChI=1S/C15H20ClN3/c1-10-5-3-6-12(10)9-19-14(11(2)16)18-13-7-4-8-17-15(13)19/h4,7-8,10-12H,3,5-6,9H2,1-2H3. The lowest BCUT2D eigenvalue weighted by molar-refractivity contribution is 0.362. The van der Waals surface area contributed by atoms with Crippen molar-refractivity contribution in [2.24, 2.45) is 11.8 Å². The molecule has 3 unspecified atom stereocenters. The fourth-order valence-corrected chi connectivity index (χ4v) is 3.35. The molecule has 3 nitrogen and oxygen atoms in total. The molecule has 102 valence electrons. The first-order valence-corrected chi connectivity index (χ1v) is 7.55. The van der Waals surface area contributed by atoms with Crippen LogP contribution in [0.4, 0.5) is 0 Å². The van der Waals surface area contributed by atoms with Crippen LogP contribution in [0.2, 0.25) is 0 Å². The number of fused-ring (bicyclic) bond motifs is 1. The van der Waals surface area contributed by atoms with Gasteiger partial charge in [-0.15, -0.1) is 11.6 Å². The van der Waals surface area contributed by atoms with Crippen molar-refractivity contribution in [3.63, 3.8) is 0 Å². The average molecular weight is 278 g/mol. The van der Waals surface area contributed by atoms with Crippen LogP contribution in [0.3, 0.4) is 0 Å². The van der Waals surface area contributed by atoms with Gasteiger partial charge in [0, 0.05) is 12.7 Å². The molecule has 19 heavy (non-hydrogen) atoms. The summed E-state index contributed by atoms with van der Waals surface area (Å²) in [7, 11) is 0. The molecular weight excluding hydrogens is 258 g/mol. The zero-order valence-electron chi connectivity index (χ0n) is 11.5. The van der Waals surface area contributed by atoms with Crippen LogP contribution in [-0.4, -0.2) is 14.5 Å². The largest absolute Gasteiger partial charge is 0.311 e. The number of alkyl halides is 1. The molecule has 0 aliphatic heterocycles. The molecule has 2 aromatic rings. The minimum atomic E-state index is -0.0779. The van der Waals surface area contributed by atoms with Crippen LogP contribution >= 0.6 is 11.6 Å². The second-order valence-corrected chi connectivity index (χ2v) is 6.37. The van der Waals surface area contributed by atoms with E-state index in [-0.39, 0.29) is 5.38 Å². The highest BCUT2D eigenvalue weighted by Gasteiger charge is 2.26. The Kier molecular flexibility index (Phi) is 3.48. The summed E-state index contributed by atoms with van der Waals surface area (Å²) in [5.74, 6) is 2.47. The fraction of sp³-hybridized carbons (Fsp3) is 0.600. The van der Waals surface area contributed by atoms with Crippen molar-refractivity contribution >= 4 is 22.8 Å². The van der Waals surface area contributed by atoms with Gasteiger partial charge in [0.15, 0.2) is 5.65 Å². The number of pyridine rings is 1. The van der Waals surface area contributed by atoms with Crippen LogP contribution in [0.15, 0.2) is 18.3 Å². The fourth-order valence-electron chi connectivity index (χ4n) is 3.19. The van der Waals surface area contributed by atoms with Gasteiger partial charge < -0.3 is 4.57 Å². The van der Waals surface area contributed by atoms with E-state index in [0.717, 1.165) is 35.4 Å². The summed E-state index contributed by atoms with van der Waals surface area (Å²) < 4.78 is 2.24. The summed E-state index contributed by atoms with van der Waals surface area (Å²) in [5.41, 5.74) is 1.93. The van der Waals surface area contributed by atoms with E-state index in [1.54, 1.807) is 0 Å². The van der Waals surface area contributed by atoms with Crippen molar-refractivity contribution in [3.8, 4) is 0 Å². The predicted molar refractivity (Wildman–Crippen MR) is 78.3 cm³/mol. The molecule has 2 aromatic heterocycles. The summed E-state index contributed by atoms with van der Waals surface area (Å²) in [5, 5.41) is -0.0779. The number of hydrogen-bond acceptors (Lipinski definition) is 2. The highest BCUT2D eigenvalue weighted by molar-refractivity contribution is 6.20. The second kappa shape index (κ2) is 5.12. The molecule has 0 bridgehead atoms. The van der Waals surface area contributed by atoms with Gasteiger partial charge in [0.1, 0.15) is 11.3 Å². The smallest absolute Gasteiger partial charge is 0.160 e. The average Bonchev–Trinajstić information content (AvgIpc) is 2.95. The molecule has 0 saturated heterocycles.